The van der Waals surface area contributed by atoms with Gasteiger partial charge in [0.25, 0.3) is 0 Å². The Kier molecular flexibility index (Phi) is 7.71. The Morgan fingerprint density at radius 2 is 1.89 bits per heavy atom. The predicted molar refractivity (Wildman–Crippen MR) is 112 cm³/mol. The molecule has 0 spiro atoms. The smallest absolute Gasteiger partial charge is 0.161 e. The SMILES string of the molecule is COc1ccc(CNC2CCC2)cc1OC[C@@H](O)CN(C)Cc1ccccc1. The van der Waals surface area contributed by atoms with Crippen molar-refractivity contribution in [2.24, 2.45) is 0 Å². The molecular formula is C23H32N2O3. The molecule has 2 aromatic carbocycles. The van der Waals surface area contributed by atoms with Crippen molar-refractivity contribution in [3.05, 3.63) is 59.7 Å². The molecule has 0 unspecified atom stereocenters. The highest BCUT2D eigenvalue weighted by molar-refractivity contribution is 5.43. The number of benzene rings is 2. The molecule has 28 heavy (non-hydrogen) atoms. The number of nitrogens with one attached hydrogen (secondary N) is 1. The molecule has 1 aliphatic rings. The van der Waals surface area contributed by atoms with Crippen molar-refractivity contribution in [3.63, 3.8) is 0 Å². The third kappa shape index (κ3) is 6.23. The van der Waals surface area contributed by atoms with Crippen LogP contribution in [0.25, 0.3) is 0 Å². The summed E-state index contributed by atoms with van der Waals surface area (Å²) >= 11 is 0. The Labute approximate surface area is 168 Å². The van der Waals surface area contributed by atoms with Crippen molar-refractivity contribution >= 4 is 0 Å². The number of methoxy groups -OCH3 is 1. The molecule has 0 radical (unpaired) electrons. The lowest BCUT2D eigenvalue weighted by molar-refractivity contribution is 0.0732. The second-order valence-electron chi connectivity index (χ2n) is 7.64. The Morgan fingerprint density at radius 3 is 2.57 bits per heavy atom. The fourth-order valence-electron chi connectivity index (χ4n) is 3.38. The summed E-state index contributed by atoms with van der Waals surface area (Å²) in [6, 6.07) is 16.9. The van der Waals surface area contributed by atoms with Crippen LogP contribution in [-0.4, -0.2) is 49.5 Å². The van der Waals surface area contributed by atoms with Crippen LogP contribution in [0.5, 0.6) is 11.5 Å². The molecule has 5 nitrogen and oxygen atoms in total. The maximum atomic E-state index is 10.4. The van der Waals surface area contributed by atoms with E-state index in [1.807, 2.05) is 37.4 Å². The van der Waals surface area contributed by atoms with E-state index in [4.69, 9.17) is 9.47 Å². The van der Waals surface area contributed by atoms with Gasteiger partial charge in [-0.15, -0.1) is 0 Å². The highest BCUT2D eigenvalue weighted by atomic mass is 16.5. The van der Waals surface area contributed by atoms with E-state index in [0.29, 0.717) is 24.1 Å². The summed E-state index contributed by atoms with van der Waals surface area (Å²) in [4.78, 5) is 2.10. The Balaban J connectivity index is 1.48. The summed E-state index contributed by atoms with van der Waals surface area (Å²) in [7, 11) is 3.64. The quantitative estimate of drug-likeness (QED) is 0.623. The van der Waals surface area contributed by atoms with Crippen molar-refractivity contribution in [2.75, 3.05) is 27.3 Å². The number of ether oxygens (including phenoxy) is 2. The average Bonchev–Trinajstić information content (AvgIpc) is 2.66. The summed E-state index contributed by atoms with van der Waals surface area (Å²) in [5.74, 6) is 1.37. The molecule has 2 N–H and O–H groups in total. The number of rotatable bonds is 11. The van der Waals surface area contributed by atoms with Gasteiger partial charge >= 0.3 is 0 Å². The van der Waals surface area contributed by atoms with Crippen LogP contribution in [0.3, 0.4) is 0 Å². The fourth-order valence-corrected chi connectivity index (χ4v) is 3.38. The Bertz CT molecular complexity index is 719. The van der Waals surface area contributed by atoms with Crippen molar-refractivity contribution in [3.8, 4) is 11.5 Å². The highest BCUT2D eigenvalue weighted by Crippen LogP contribution is 2.28. The predicted octanol–water partition coefficient (Wildman–Crippen LogP) is 3.21. The van der Waals surface area contributed by atoms with Crippen molar-refractivity contribution < 1.29 is 14.6 Å². The third-order valence-electron chi connectivity index (χ3n) is 5.18. The standard InChI is InChI=1S/C23H32N2O3/c1-25(15-18-7-4-3-5-8-18)16-21(26)17-28-23-13-19(11-12-22(23)27-2)14-24-20-9-6-10-20/h3-5,7-8,11-13,20-21,24,26H,6,9-10,14-17H2,1-2H3/t21-/m0/s1. The lowest BCUT2D eigenvalue weighted by Gasteiger charge is -2.26. The van der Waals surface area contributed by atoms with Crippen LogP contribution in [-0.2, 0) is 13.1 Å². The van der Waals surface area contributed by atoms with Gasteiger partial charge in [0.05, 0.1) is 7.11 Å². The van der Waals surface area contributed by atoms with Crippen LogP contribution in [0.1, 0.15) is 30.4 Å². The van der Waals surface area contributed by atoms with Gasteiger partial charge in [-0.25, -0.2) is 0 Å². The normalized spacial score (nSPS) is 15.3. The van der Waals surface area contributed by atoms with Crippen molar-refractivity contribution in [1.82, 2.24) is 10.2 Å². The van der Waals surface area contributed by atoms with Gasteiger partial charge in [0.2, 0.25) is 0 Å². The largest absolute Gasteiger partial charge is 0.493 e. The van der Waals surface area contributed by atoms with E-state index in [1.54, 1.807) is 7.11 Å². The molecule has 0 amide bonds. The van der Waals surface area contributed by atoms with Crippen molar-refractivity contribution in [2.45, 2.75) is 44.5 Å². The molecule has 1 aliphatic carbocycles. The molecule has 5 heteroatoms. The van der Waals surface area contributed by atoms with Gasteiger partial charge in [-0.3, -0.25) is 4.90 Å². The van der Waals surface area contributed by atoms with Gasteiger partial charge in [-0.05, 0) is 43.1 Å². The van der Waals surface area contributed by atoms with Crippen LogP contribution in [0.15, 0.2) is 48.5 Å². The van der Waals surface area contributed by atoms with Crippen LogP contribution < -0.4 is 14.8 Å². The zero-order chi connectivity index (χ0) is 19.8. The third-order valence-corrected chi connectivity index (χ3v) is 5.18. The maximum absolute atomic E-state index is 10.4. The molecule has 0 bridgehead atoms. The fraction of sp³-hybridized carbons (Fsp3) is 0.478. The van der Waals surface area contributed by atoms with Gasteiger partial charge in [0.15, 0.2) is 11.5 Å². The van der Waals surface area contributed by atoms with E-state index < -0.39 is 6.10 Å². The topological polar surface area (TPSA) is 54.0 Å². The number of nitrogens with zero attached hydrogens (tertiary/aromatic N) is 1. The van der Waals surface area contributed by atoms with Gasteiger partial charge in [0, 0.05) is 25.7 Å². The molecule has 0 aliphatic heterocycles. The summed E-state index contributed by atoms with van der Waals surface area (Å²) < 4.78 is 11.3. The van der Waals surface area contributed by atoms with Gasteiger partial charge in [-0.1, -0.05) is 42.8 Å². The summed E-state index contributed by atoms with van der Waals surface area (Å²) in [6.45, 7) is 2.39. The first-order valence-electron chi connectivity index (χ1n) is 10.1. The molecular weight excluding hydrogens is 352 g/mol. The number of hydrogen-bond acceptors (Lipinski definition) is 5. The summed E-state index contributed by atoms with van der Waals surface area (Å²) in [5, 5.41) is 13.9. The minimum absolute atomic E-state index is 0.231. The van der Waals surface area contributed by atoms with E-state index in [0.717, 1.165) is 13.1 Å². The first kappa shape index (κ1) is 20.6. The number of aliphatic hydroxyl groups excluding tert-OH is 1. The van der Waals surface area contributed by atoms with E-state index in [9.17, 15) is 5.11 Å². The highest BCUT2D eigenvalue weighted by Gasteiger charge is 2.17. The molecule has 0 aromatic heterocycles. The van der Waals surface area contributed by atoms with Crippen LogP contribution in [0, 0.1) is 0 Å². The maximum Gasteiger partial charge on any atom is 0.161 e. The Morgan fingerprint density at radius 1 is 1.11 bits per heavy atom. The first-order valence-corrected chi connectivity index (χ1v) is 10.1. The molecule has 152 valence electrons. The second-order valence-corrected chi connectivity index (χ2v) is 7.64. The zero-order valence-electron chi connectivity index (χ0n) is 16.9. The molecule has 1 atom stereocenters. The number of likely N-dealkylation sites (N-methyl/N-ethyl adjacent to an activating group) is 1. The molecule has 0 saturated heterocycles. The average molecular weight is 385 g/mol. The molecule has 1 fully saturated rings. The number of aliphatic hydroxyl groups is 1. The second kappa shape index (κ2) is 10.5. The van der Waals surface area contributed by atoms with E-state index >= 15 is 0 Å². The molecule has 3 rings (SSSR count). The zero-order valence-corrected chi connectivity index (χ0v) is 16.9. The Hall–Kier alpha value is -2.08. The summed E-state index contributed by atoms with van der Waals surface area (Å²) in [5.41, 5.74) is 2.39. The van der Waals surface area contributed by atoms with Crippen LogP contribution in [0.4, 0.5) is 0 Å². The molecule has 0 heterocycles. The van der Waals surface area contributed by atoms with Gasteiger partial charge < -0.3 is 19.9 Å². The van der Waals surface area contributed by atoms with Gasteiger partial charge in [-0.2, -0.15) is 0 Å². The van der Waals surface area contributed by atoms with E-state index in [2.05, 4.69) is 28.4 Å². The minimum Gasteiger partial charge on any atom is -0.493 e. The lowest BCUT2D eigenvalue weighted by Crippen LogP contribution is -2.34. The van der Waals surface area contributed by atoms with Crippen molar-refractivity contribution in [1.29, 1.82) is 0 Å². The molecule has 1 saturated carbocycles. The van der Waals surface area contributed by atoms with E-state index in [-0.39, 0.29) is 6.61 Å². The number of hydrogen-bond donors (Lipinski definition) is 2. The first-order chi connectivity index (χ1) is 13.6. The van der Waals surface area contributed by atoms with Crippen LogP contribution >= 0.6 is 0 Å². The van der Waals surface area contributed by atoms with Crippen LogP contribution in [0.2, 0.25) is 0 Å². The summed E-state index contributed by atoms with van der Waals surface area (Å²) in [6.07, 6.45) is 3.28. The lowest BCUT2D eigenvalue weighted by atomic mass is 9.93. The van der Waals surface area contributed by atoms with Gasteiger partial charge in [0.1, 0.15) is 12.7 Å². The minimum atomic E-state index is -0.574. The molecule has 2 aromatic rings. The monoisotopic (exact) mass is 384 g/mol. The van der Waals surface area contributed by atoms with E-state index in [1.165, 1.54) is 30.4 Å².